The number of esters is 1. The molecule has 1 unspecified atom stereocenters. The summed E-state index contributed by atoms with van der Waals surface area (Å²) in [7, 11) is 1.33. The van der Waals surface area contributed by atoms with Crippen LogP contribution in [0.4, 0.5) is 5.82 Å². The molecule has 1 aromatic heterocycles. The summed E-state index contributed by atoms with van der Waals surface area (Å²) >= 11 is 0. The summed E-state index contributed by atoms with van der Waals surface area (Å²) in [4.78, 5) is 21.8. The number of nitrogens with one attached hydrogen (secondary N) is 1. The van der Waals surface area contributed by atoms with E-state index in [0.29, 0.717) is 11.9 Å². The molecule has 2 heterocycles. The summed E-state index contributed by atoms with van der Waals surface area (Å²) in [6.07, 6.45) is 5.56. The lowest BCUT2D eigenvalue weighted by Crippen LogP contribution is -2.35. The third-order valence-electron chi connectivity index (χ3n) is 3.39. The lowest BCUT2D eigenvalue weighted by Gasteiger charge is -2.23. The van der Waals surface area contributed by atoms with Gasteiger partial charge in [0.1, 0.15) is 5.82 Å². The number of anilines is 1. The van der Waals surface area contributed by atoms with Crippen LogP contribution in [0, 0.1) is 0 Å². The van der Waals surface area contributed by atoms with Crippen molar-refractivity contribution < 1.29 is 9.53 Å². The molecule has 0 amide bonds. The molecule has 0 spiro atoms. The first kappa shape index (κ1) is 13.7. The molecule has 1 aliphatic heterocycles. The number of ether oxygens (including phenoxy) is 1. The van der Waals surface area contributed by atoms with E-state index in [-0.39, 0.29) is 5.69 Å². The van der Waals surface area contributed by atoms with Gasteiger partial charge >= 0.3 is 5.97 Å². The van der Waals surface area contributed by atoms with Gasteiger partial charge in [-0.1, -0.05) is 0 Å². The van der Waals surface area contributed by atoms with Gasteiger partial charge in [0.2, 0.25) is 0 Å². The van der Waals surface area contributed by atoms with Gasteiger partial charge in [-0.25, -0.2) is 14.8 Å². The smallest absolute Gasteiger partial charge is 0.358 e. The highest BCUT2D eigenvalue weighted by molar-refractivity contribution is 5.86. The Balaban J connectivity index is 1.84. The molecule has 0 radical (unpaired) electrons. The van der Waals surface area contributed by atoms with Crippen LogP contribution in [0.3, 0.4) is 0 Å². The number of carbonyl (C=O) groups excluding carboxylic acids is 1. The first-order valence-electron chi connectivity index (χ1n) is 6.59. The summed E-state index contributed by atoms with van der Waals surface area (Å²) in [6, 6.07) is 0.476. The second-order valence-corrected chi connectivity index (χ2v) is 4.75. The minimum atomic E-state index is -0.468. The van der Waals surface area contributed by atoms with Gasteiger partial charge in [0.15, 0.2) is 5.69 Å². The first-order chi connectivity index (χ1) is 9.20. The highest BCUT2D eigenvalue weighted by Crippen LogP contribution is 2.12. The Morgan fingerprint density at radius 2 is 2.16 bits per heavy atom. The van der Waals surface area contributed by atoms with E-state index in [9.17, 15) is 4.79 Å². The quantitative estimate of drug-likeness (QED) is 0.805. The van der Waals surface area contributed by atoms with Crippen LogP contribution in [0.2, 0.25) is 0 Å². The van der Waals surface area contributed by atoms with Crippen molar-refractivity contribution in [3.63, 3.8) is 0 Å². The predicted octanol–water partition coefficient (Wildman–Crippen LogP) is 1.16. The van der Waals surface area contributed by atoms with Gasteiger partial charge < -0.3 is 10.1 Å². The number of rotatable bonds is 5. The second-order valence-electron chi connectivity index (χ2n) is 4.75. The minimum Gasteiger partial charge on any atom is -0.464 e. The minimum absolute atomic E-state index is 0.223. The Morgan fingerprint density at radius 1 is 1.42 bits per heavy atom. The standard InChI is InChI=1S/C13H20N4O2/c1-10(17-5-3-4-6-17)7-15-12-9-14-11(8-16-12)13(18)19-2/h8-10H,3-7H2,1-2H3,(H,15,16). The van der Waals surface area contributed by atoms with Gasteiger partial charge in [-0.05, 0) is 32.9 Å². The van der Waals surface area contributed by atoms with Crippen molar-refractivity contribution in [3.05, 3.63) is 18.1 Å². The number of hydrogen-bond acceptors (Lipinski definition) is 6. The molecule has 0 saturated carbocycles. The van der Waals surface area contributed by atoms with Crippen molar-refractivity contribution in [2.45, 2.75) is 25.8 Å². The van der Waals surface area contributed by atoms with Crippen molar-refractivity contribution in [1.29, 1.82) is 0 Å². The van der Waals surface area contributed by atoms with Crippen molar-refractivity contribution in [2.24, 2.45) is 0 Å². The van der Waals surface area contributed by atoms with Crippen LogP contribution in [0.15, 0.2) is 12.4 Å². The summed E-state index contributed by atoms with van der Waals surface area (Å²) in [5.41, 5.74) is 0.223. The molecule has 6 heteroatoms. The molecule has 1 saturated heterocycles. The van der Waals surface area contributed by atoms with Gasteiger partial charge in [0.25, 0.3) is 0 Å². The Hall–Kier alpha value is -1.69. The van der Waals surface area contributed by atoms with E-state index in [4.69, 9.17) is 0 Å². The van der Waals surface area contributed by atoms with Crippen LogP contribution in [-0.2, 0) is 4.74 Å². The van der Waals surface area contributed by atoms with Gasteiger partial charge in [-0.3, -0.25) is 4.90 Å². The first-order valence-corrected chi connectivity index (χ1v) is 6.59. The zero-order chi connectivity index (χ0) is 13.7. The van der Waals surface area contributed by atoms with E-state index in [1.165, 1.54) is 39.2 Å². The van der Waals surface area contributed by atoms with Crippen LogP contribution < -0.4 is 5.32 Å². The van der Waals surface area contributed by atoms with Crippen LogP contribution in [0.25, 0.3) is 0 Å². The largest absolute Gasteiger partial charge is 0.464 e. The van der Waals surface area contributed by atoms with E-state index in [1.54, 1.807) is 6.20 Å². The molecule has 0 aromatic carbocycles. The summed E-state index contributed by atoms with van der Waals surface area (Å²) in [6.45, 7) is 5.38. The maximum atomic E-state index is 11.2. The van der Waals surface area contributed by atoms with Crippen LogP contribution in [0.5, 0.6) is 0 Å². The Morgan fingerprint density at radius 3 is 2.74 bits per heavy atom. The van der Waals surface area contributed by atoms with Crippen molar-refractivity contribution in [1.82, 2.24) is 14.9 Å². The van der Waals surface area contributed by atoms with Gasteiger partial charge in [-0.15, -0.1) is 0 Å². The van der Waals surface area contributed by atoms with E-state index in [2.05, 4.69) is 31.8 Å². The monoisotopic (exact) mass is 264 g/mol. The Kier molecular flexibility index (Phi) is 4.68. The Labute approximate surface area is 113 Å². The molecule has 1 atom stereocenters. The topological polar surface area (TPSA) is 67.3 Å². The fourth-order valence-corrected chi connectivity index (χ4v) is 2.19. The zero-order valence-electron chi connectivity index (χ0n) is 11.4. The number of nitrogens with zero attached hydrogens (tertiary/aromatic N) is 3. The molecule has 0 aliphatic carbocycles. The van der Waals surface area contributed by atoms with Crippen molar-refractivity contribution >= 4 is 11.8 Å². The second kappa shape index (κ2) is 6.47. The summed E-state index contributed by atoms with van der Waals surface area (Å²) < 4.78 is 4.57. The van der Waals surface area contributed by atoms with Crippen LogP contribution in [0.1, 0.15) is 30.3 Å². The molecule has 1 aliphatic rings. The van der Waals surface area contributed by atoms with E-state index in [0.717, 1.165) is 6.54 Å². The Bertz CT molecular complexity index is 415. The third kappa shape index (κ3) is 3.64. The predicted molar refractivity (Wildman–Crippen MR) is 72.1 cm³/mol. The fourth-order valence-electron chi connectivity index (χ4n) is 2.19. The molecule has 104 valence electrons. The van der Waals surface area contributed by atoms with Gasteiger partial charge in [0, 0.05) is 12.6 Å². The van der Waals surface area contributed by atoms with Crippen molar-refractivity contribution in [3.8, 4) is 0 Å². The molecule has 1 N–H and O–H groups in total. The summed E-state index contributed by atoms with van der Waals surface area (Å²) in [5, 5.41) is 3.24. The molecular weight excluding hydrogens is 244 g/mol. The lowest BCUT2D eigenvalue weighted by atomic mass is 10.3. The third-order valence-corrected chi connectivity index (χ3v) is 3.39. The fraction of sp³-hybridized carbons (Fsp3) is 0.615. The number of methoxy groups -OCH3 is 1. The number of aromatic nitrogens is 2. The average molecular weight is 264 g/mol. The van der Waals surface area contributed by atoms with Gasteiger partial charge in [0.05, 0.1) is 19.5 Å². The van der Waals surface area contributed by atoms with Crippen LogP contribution in [-0.4, -0.2) is 53.6 Å². The zero-order valence-corrected chi connectivity index (χ0v) is 11.4. The molecule has 19 heavy (non-hydrogen) atoms. The van der Waals surface area contributed by atoms with Crippen molar-refractivity contribution in [2.75, 3.05) is 32.1 Å². The van der Waals surface area contributed by atoms with Gasteiger partial charge in [-0.2, -0.15) is 0 Å². The highest BCUT2D eigenvalue weighted by atomic mass is 16.5. The maximum Gasteiger partial charge on any atom is 0.358 e. The normalized spacial score (nSPS) is 17.2. The van der Waals surface area contributed by atoms with E-state index < -0.39 is 5.97 Å². The maximum absolute atomic E-state index is 11.2. The van der Waals surface area contributed by atoms with E-state index >= 15 is 0 Å². The number of carbonyl (C=O) groups is 1. The lowest BCUT2D eigenvalue weighted by molar-refractivity contribution is 0.0593. The molecule has 1 fully saturated rings. The highest BCUT2D eigenvalue weighted by Gasteiger charge is 2.17. The molecule has 0 bridgehead atoms. The molecule has 2 rings (SSSR count). The summed E-state index contributed by atoms with van der Waals surface area (Å²) in [5.74, 6) is 0.211. The molecule has 1 aromatic rings. The molecule has 6 nitrogen and oxygen atoms in total. The number of hydrogen-bond donors (Lipinski definition) is 1. The van der Waals surface area contributed by atoms with Crippen LogP contribution >= 0.6 is 0 Å². The molecular formula is C13H20N4O2. The van der Waals surface area contributed by atoms with E-state index in [1.807, 2.05) is 0 Å². The number of likely N-dealkylation sites (tertiary alicyclic amines) is 1. The average Bonchev–Trinajstić information content (AvgIpc) is 2.98. The SMILES string of the molecule is COC(=O)c1cnc(NCC(C)N2CCCC2)cn1.